The van der Waals surface area contributed by atoms with Gasteiger partial charge in [0.1, 0.15) is 0 Å². The summed E-state index contributed by atoms with van der Waals surface area (Å²) < 4.78 is 4.81. The zero-order chi connectivity index (χ0) is 8.10. The van der Waals surface area contributed by atoms with E-state index in [0.717, 1.165) is 5.56 Å². The highest BCUT2D eigenvalue weighted by atomic mass is 32.1. The van der Waals surface area contributed by atoms with Crippen LogP contribution in [0, 0.1) is 6.61 Å². The van der Waals surface area contributed by atoms with Gasteiger partial charge in [-0.25, -0.2) is 0 Å². The zero-order valence-corrected chi connectivity index (χ0v) is 6.67. The van der Waals surface area contributed by atoms with Gasteiger partial charge in [-0.1, -0.05) is 30.3 Å². The molecule has 0 atom stereocenters. The van der Waals surface area contributed by atoms with Crippen LogP contribution in [0.25, 0.3) is 0 Å². The number of rotatable bonds is 2. The minimum atomic E-state index is 0.0360. The first-order valence-electron chi connectivity index (χ1n) is 3.13. The lowest BCUT2D eigenvalue weighted by molar-refractivity contribution is 0.423. The molecule has 0 aliphatic carbocycles. The Bertz CT molecular complexity index is 235. The number of nitrogens with two attached hydrogens (primary N) is 1. The summed E-state index contributed by atoms with van der Waals surface area (Å²) in [7, 11) is 0. The molecule has 0 heterocycles. The van der Waals surface area contributed by atoms with Gasteiger partial charge >= 0.3 is 0 Å². The second-order valence-corrected chi connectivity index (χ2v) is 2.37. The molecule has 1 radical (unpaired) electrons. The predicted molar refractivity (Wildman–Crippen MR) is 47.7 cm³/mol. The monoisotopic (exact) mass is 166 g/mol. The molecule has 0 saturated carbocycles. The average Bonchev–Trinajstić information content (AvgIpc) is 2.03. The van der Waals surface area contributed by atoms with Crippen LogP contribution in [0.2, 0.25) is 0 Å². The van der Waals surface area contributed by atoms with Crippen LogP contribution in [-0.4, -0.2) is 5.17 Å². The average molecular weight is 166 g/mol. The largest absolute Gasteiger partial charge is 0.459 e. The third-order valence-electron chi connectivity index (χ3n) is 1.11. The highest BCUT2D eigenvalue weighted by molar-refractivity contribution is 7.80. The van der Waals surface area contributed by atoms with Gasteiger partial charge < -0.3 is 10.5 Å². The molecule has 1 aromatic rings. The Morgan fingerprint density at radius 1 is 1.36 bits per heavy atom. The first kappa shape index (κ1) is 8.01. The molecule has 2 nitrogen and oxygen atoms in total. The molecule has 0 amide bonds. The summed E-state index contributed by atoms with van der Waals surface area (Å²) in [5.41, 5.74) is 6.06. The quantitative estimate of drug-likeness (QED) is 0.675. The SMILES string of the molecule is NC(=S)O[CH]c1ccccc1. The van der Waals surface area contributed by atoms with Crippen molar-refractivity contribution in [2.45, 2.75) is 0 Å². The molecule has 0 fully saturated rings. The Kier molecular flexibility index (Phi) is 2.86. The summed E-state index contributed by atoms with van der Waals surface area (Å²) in [6.45, 7) is 1.52. The summed E-state index contributed by atoms with van der Waals surface area (Å²) >= 11 is 4.52. The summed E-state index contributed by atoms with van der Waals surface area (Å²) in [6, 6.07) is 9.55. The molecule has 3 heteroatoms. The van der Waals surface area contributed by atoms with Gasteiger partial charge in [0.05, 0.1) is 0 Å². The molecule has 0 saturated heterocycles. The fraction of sp³-hybridized carbons (Fsp3) is 0. The maximum atomic E-state index is 5.12. The van der Waals surface area contributed by atoms with Crippen molar-refractivity contribution in [1.82, 2.24) is 0 Å². The van der Waals surface area contributed by atoms with Crippen molar-refractivity contribution in [2.24, 2.45) is 5.73 Å². The lowest BCUT2D eigenvalue weighted by atomic mass is 10.2. The molecule has 11 heavy (non-hydrogen) atoms. The van der Waals surface area contributed by atoms with Gasteiger partial charge in [-0.2, -0.15) is 0 Å². The summed E-state index contributed by atoms with van der Waals surface area (Å²) in [4.78, 5) is 0. The topological polar surface area (TPSA) is 35.2 Å². The molecule has 2 N–H and O–H groups in total. The Morgan fingerprint density at radius 3 is 2.55 bits per heavy atom. The summed E-state index contributed by atoms with van der Waals surface area (Å²) in [5.74, 6) is 0. The van der Waals surface area contributed by atoms with Gasteiger partial charge in [0.2, 0.25) is 0 Å². The number of benzene rings is 1. The van der Waals surface area contributed by atoms with Crippen LogP contribution in [0.5, 0.6) is 0 Å². The van der Waals surface area contributed by atoms with Crippen molar-refractivity contribution >= 4 is 17.4 Å². The Hall–Kier alpha value is -1.09. The van der Waals surface area contributed by atoms with E-state index < -0.39 is 0 Å². The maximum absolute atomic E-state index is 5.12. The van der Waals surface area contributed by atoms with Crippen molar-refractivity contribution in [3.8, 4) is 0 Å². The Balaban J connectivity index is 2.45. The molecule has 0 unspecified atom stereocenters. The van der Waals surface area contributed by atoms with Gasteiger partial charge in [0.15, 0.2) is 6.61 Å². The van der Waals surface area contributed by atoms with Crippen LogP contribution in [0.1, 0.15) is 5.56 Å². The third kappa shape index (κ3) is 3.00. The minimum Gasteiger partial charge on any atom is -0.459 e. The van der Waals surface area contributed by atoms with Gasteiger partial charge in [-0.15, -0.1) is 0 Å². The molecule has 0 spiro atoms. The minimum absolute atomic E-state index is 0.0360. The lowest BCUT2D eigenvalue weighted by Crippen LogP contribution is -2.10. The van der Waals surface area contributed by atoms with Crippen molar-refractivity contribution in [1.29, 1.82) is 0 Å². The molecule has 57 valence electrons. The van der Waals surface area contributed by atoms with E-state index in [1.165, 1.54) is 6.61 Å². The van der Waals surface area contributed by atoms with E-state index in [9.17, 15) is 0 Å². The zero-order valence-electron chi connectivity index (χ0n) is 5.86. The number of hydrogen-bond acceptors (Lipinski definition) is 2. The first-order valence-corrected chi connectivity index (χ1v) is 3.54. The van der Waals surface area contributed by atoms with E-state index in [1.807, 2.05) is 30.3 Å². The summed E-state index contributed by atoms with van der Waals surface area (Å²) in [5, 5.41) is 0.0360. The van der Waals surface area contributed by atoms with Crippen molar-refractivity contribution in [3.05, 3.63) is 42.5 Å². The van der Waals surface area contributed by atoms with E-state index in [1.54, 1.807) is 0 Å². The smallest absolute Gasteiger partial charge is 0.254 e. The molecular formula is C8H8NOS. The molecular weight excluding hydrogens is 158 g/mol. The number of hydrogen-bond donors (Lipinski definition) is 1. The fourth-order valence-electron chi connectivity index (χ4n) is 0.658. The second kappa shape index (κ2) is 3.93. The second-order valence-electron chi connectivity index (χ2n) is 1.97. The lowest BCUT2D eigenvalue weighted by Gasteiger charge is -2.00. The van der Waals surface area contributed by atoms with Crippen molar-refractivity contribution < 1.29 is 4.74 Å². The number of thiocarbonyl (C=S) groups is 1. The Morgan fingerprint density at radius 2 is 2.00 bits per heavy atom. The maximum Gasteiger partial charge on any atom is 0.254 e. The Labute approximate surface area is 71.0 Å². The van der Waals surface area contributed by atoms with Crippen LogP contribution < -0.4 is 5.73 Å². The highest BCUT2D eigenvalue weighted by Crippen LogP contribution is 2.01. The van der Waals surface area contributed by atoms with Crippen LogP contribution in [0.15, 0.2) is 30.3 Å². The molecule has 1 aromatic carbocycles. The fourth-order valence-corrected chi connectivity index (χ4v) is 0.706. The van der Waals surface area contributed by atoms with Gasteiger partial charge in [-0.3, -0.25) is 0 Å². The van der Waals surface area contributed by atoms with Crippen LogP contribution in [-0.2, 0) is 4.74 Å². The van der Waals surface area contributed by atoms with E-state index in [4.69, 9.17) is 10.5 Å². The van der Waals surface area contributed by atoms with Gasteiger partial charge in [-0.05, 0) is 17.8 Å². The predicted octanol–water partition coefficient (Wildman–Crippen LogP) is 1.46. The standard InChI is InChI=1S/C8H8NOS/c9-8(11)10-6-7-4-2-1-3-5-7/h1-6H,(H2,9,11). The normalized spacial score (nSPS) is 9.09. The molecule has 0 aliphatic heterocycles. The molecule has 0 aromatic heterocycles. The van der Waals surface area contributed by atoms with Crippen molar-refractivity contribution in [3.63, 3.8) is 0 Å². The van der Waals surface area contributed by atoms with Crippen molar-refractivity contribution in [2.75, 3.05) is 0 Å². The first-order chi connectivity index (χ1) is 5.29. The highest BCUT2D eigenvalue weighted by Gasteiger charge is 1.92. The van der Waals surface area contributed by atoms with Gasteiger partial charge in [0, 0.05) is 0 Å². The van der Waals surface area contributed by atoms with E-state index in [0.29, 0.717) is 0 Å². The van der Waals surface area contributed by atoms with E-state index in [2.05, 4.69) is 12.2 Å². The molecule has 1 rings (SSSR count). The molecule has 0 aliphatic rings. The number of ether oxygens (including phenoxy) is 1. The van der Waals surface area contributed by atoms with E-state index in [-0.39, 0.29) is 5.17 Å². The molecule has 0 bridgehead atoms. The summed E-state index contributed by atoms with van der Waals surface area (Å²) in [6.07, 6.45) is 0. The third-order valence-corrected chi connectivity index (χ3v) is 1.21. The van der Waals surface area contributed by atoms with E-state index >= 15 is 0 Å². The van der Waals surface area contributed by atoms with Gasteiger partial charge in [0.25, 0.3) is 5.17 Å². The van der Waals surface area contributed by atoms with Crippen LogP contribution >= 0.6 is 12.2 Å². The van der Waals surface area contributed by atoms with Crippen LogP contribution in [0.4, 0.5) is 0 Å². The van der Waals surface area contributed by atoms with Crippen LogP contribution in [0.3, 0.4) is 0 Å².